The van der Waals surface area contributed by atoms with Gasteiger partial charge in [-0.15, -0.1) is 0 Å². The molecular weight excluding hydrogens is 286 g/mol. The summed E-state index contributed by atoms with van der Waals surface area (Å²) in [5.41, 5.74) is 0. The van der Waals surface area contributed by atoms with Crippen molar-refractivity contribution in [2.24, 2.45) is 0 Å². The maximum absolute atomic E-state index is 11.4. The third-order valence-corrected chi connectivity index (χ3v) is 4.16. The second kappa shape index (κ2) is 8.35. The summed E-state index contributed by atoms with van der Waals surface area (Å²) in [5.74, 6) is -0.446. The van der Waals surface area contributed by atoms with Crippen LogP contribution in [0.2, 0.25) is 5.15 Å². The number of rotatable bonds is 8. The molecule has 0 fully saturated rings. The average Bonchev–Trinajstić information content (AvgIpc) is 2.79. The molecule has 0 radical (unpaired) electrons. The van der Waals surface area contributed by atoms with E-state index in [1.165, 1.54) is 18.4 Å². The number of halogens is 1. The number of thiazole rings is 1. The van der Waals surface area contributed by atoms with Crippen molar-refractivity contribution in [2.75, 3.05) is 38.6 Å². The molecule has 0 spiro atoms. The number of methoxy groups -OCH3 is 1. The van der Waals surface area contributed by atoms with Gasteiger partial charge >= 0.3 is 5.97 Å². The molecule has 0 saturated carbocycles. The van der Waals surface area contributed by atoms with Crippen molar-refractivity contribution >= 4 is 34.0 Å². The number of anilines is 1. The second-order valence-corrected chi connectivity index (χ2v) is 5.29. The average molecular weight is 306 g/mol. The molecule has 0 saturated heterocycles. The molecule has 108 valence electrons. The van der Waals surface area contributed by atoms with Crippen molar-refractivity contribution in [3.05, 3.63) is 10.0 Å². The van der Waals surface area contributed by atoms with Gasteiger partial charge in [0.1, 0.15) is 0 Å². The summed E-state index contributed by atoms with van der Waals surface area (Å²) in [4.78, 5) is 18.2. The fourth-order valence-corrected chi connectivity index (χ4v) is 2.76. The van der Waals surface area contributed by atoms with Gasteiger partial charge in [-0.25, -0.2) is 9.78 Å². The monoisotopic (exact) mass is 305 g/mol. The quantitative estimate of drug-likeness (QED) is 0.591. The van der Waals surface area contributed by atoms with Crippen molar-refractivity contribution in [2.45, 2.75) is 20.3 Å². The van der Waals surface area contributed by atoms with Gasteiger partial charge < -0.3 is 15.0 Å². The number of esters is 1. The Bertz CT molecular complexity index is 408. The Morgan fingerprint density at radius 1 is 1.47 bits per heavy atom. The maximum Gasteiger partial charge on any atom is 0.351 e. The van der Waals surface area contributed by atoms with Gasteiger partial charge in [-0.05, 0) is 26.1 Å². The van der Waals surface area contributed by atoms with E-state index in [1.807, 2.05) is 0 Å². The zero-order valence-electron chi connectivity index (χ0n) is 11.5. The summed E-state index contributed by atoms with van der Waals surface area (Å²) in [6.07, 6.45) is 1.02. The second-order valence-electron chi connectivity index (χ2n) is 3.94. The van der Waals surface area contributed by atoms with Crippen molar-refractivity contribution < 1.29 is 9.53 Å². The molecule has 1 aromatic rings. The van der Waals surface area contributed by atoms with Gasteiger partial charge in [0.15, 0.2) is 15.2 Å². The Hall–Kier alpha value is -0.850. The van der Waals surface area contributed by atoms with Crippen LogP contribution >= 0.6 is 22.9 Å². The smallest absolute Gasteiger partial charge is 0.351 e. The Morgan fingerprint density at radius 3 is 2.74 bits per heavy atom. The van der Waals surface area contributed by atoms with Crippen LogP contribution in [0.25, 0.3) is 0 Å². The zero-order chi connectivity index (χ0) is 14.3. The highest BCUT2D eigenvalue weighted by molar-refractivity contribution is 7.18. The standard InChI is InChI=1S/C12H20ClN3O2S/c1-4-16(5-2)8-6-7-14-12-15-10(13)9(19-12)11(17)18-3/h4-8H2,1-3H3,(H,14,15). The molecule has 0 aliphatic carbocycles. The lowest BCUT2D eigenvalue weighted by Gasteiger charge is -2.17. The van der Waals surface area contributed by atoms with Crippen molar-refractivity contribution in [3.63, 3.8) is 0 Å². The lowest BCUT2D eigenvalue weighted by Crippen LogP contribution is -2.25. The summed E-state index contributed by atoms with van der Waals surface area (Å²) in [5, 5.41) is 4.03. The van der Waals surface area contributed by atoms with Crippen molar-refractivity contribution in [1.29, 1.82) is 0 Å². The highest BCUT2D eigenvalue weighted by Gasteiger charge is 2.16. The summed E-state index contributed by atoms with van der Waals surface area (Å²) >= 11 is 7.10. The van der Waals surface area contributed by atoms with Crippen LogP contribution in [-0.2, 0) is 4.74 Å². The van der Waals surface area contributed by atoms with Gasteiger partial charge in [-0.1, -0.05) is 36.8 Å². The van der Waals surface area contributed by atoms with E-state index in [2.05, 4.69) is 33.8 Å². The maximum atomic E-state index is 11.4. The van der Waals surface area contributed by atoms with Crippen LogP contribution < -0.4 is 5.32 Å². The molecule has 0 bridgehead atoms. The number of hydrogen-bond acceptors (Lipinski definition) is 6. The zero-order valence-corrected chi connectivity index (χ0v) is 13.1. The first-order valence-corrected chi connectivity index (χ1v) is 7.52. The lowest BCUT2D eigenvalue weighted by atomic mass is 10.3. The molecule has 0 aliphatic rings. The molecule has 0 aliphatic heterocycles. The minimum atomic E-state index is -0.446. The van der Waals surface area contributed by atoms with Crippen LogP contribution in [0.1, 0.15) is 29.9 Å². The number of aromatic nitrogens is 1. The van der Waals surface area contributed by atoms with Crippen LogP contribution in [0.3, 0.4) is 0 Å². The van der Waals surface area contributed by atoms with Gasteiger partial charge in [0.2, 0.25) is 0 Å². The van der Waals surface area contributed by atoms with Crippen LogP contribution in [0, 0.1) is 0 Å². The number of nitrogens with zero attached hydrogens (tertiary/aromatic N) is 2. The SMILES string of the molecule is CCN(CC)CCCNc1nc(Cl)c(C(=O)OC)s1. The normalized spacial score (nSPS) is 10.8. The summed E-state index contributed by atoms with van der Waals surface area (Å²) in [6, 6.07) is 0. The van der Waals surface area contributed by atoms with Gasteiger partial charge in [0.25, 0.3) is 0 Å². The summed E-state index contributed by atoms with van der Waals surface area (Å²) in [6.45, 7) is 8.28. The molecule has 0 aromatic carbocycles. The predicted molar refractivity (Wildman–Crippen MR) is 79.4 cm³/mol. The third-order valence-electron chi connectivity index (χ3n) is 2.78. The van der Waals surface area contributed by atoms with Crippen molar-refractivity contribution in [1.82, 2.24) is 9.88 Å². The Morgan fingerprint density at radius 2 is 2.16 bits per heavy atom. The van der Waals surface area contributed by atoms with Gasteiger partial charge in [-0.2, -0.15) is 0 Å². The van der Waals surface area contributed by atoms with E-state index < -0.39 is 5.97 Å². The summed E-state index contributed by atoms with van der Waals surface area (Å²) < 4.78 is 4.63. The van der Waals surface area contributed by atoms with Crippen LogP contribution in [0.15, 0.2) is 0 Å². The predicted octanol–water partition coefficient (Wildman–Crippen LogP) is 2.73. The van der Waals surface area contributed by atoms with Crippen molar-refractivity contribution in [3.8, 4) is 0 Å². The number of hydrogen-bond donors (Lipinski definition) is 1. The molecule has 1 rings (SSSR count). The first-order valence-electron chi connectivity index (χ1n) is 6.33. The first-order chi connectivity index (χ1) is 9.12. The van der Waals surface area contributed by atoms with E-state index in [9.17, 15) is 4.79 Å². The minimum Gasteiger partial charge on any atom is -0.465 e. The molecule has 0 atom stereocenters. The first kappa shape index (κ1) is 16.2. The molecule has 1 N–H and O–H groups in total. The highest BCUT2D eigenvalue weighted by atomic mass is 35.5. The molecule has 1 aromatic heterocycles. The topological polar surface area (TPSA) is 54.5 Å². The van der Waals surface area contributed by atoms with Crippen LogP contribution in [0.5, 0.6) is 0 Å². The molecule has 5 nitrogen and oxygen atoms in total. The highest BCUT2D eigenvalue weighted by Crippen LogP contribution is 2.27. The minimum absolute atomic E-state index is 0.197. The lowest BCUT2D eigenvalue weighted by molar-refractivity contribution is 0.0606. The van der Waals surface area contributed by atoms with Gasteiger partial charge in [-0.3, -0.25) is 0 Å². The van der Waals surface area contributed by atoms with E-state index in [0.29, 0.717) is 10.0 Å². The van der Waals surface area contributed by atoms with Gasteiger partial charge in [0, 0.05) is 6.54 Å². The van der Waals surface area contributed by atoms with E-state index in [0.717, 1.165) is 32.6 Å². The number of ether oxygens (including phenoxy) is 1. The third kappa shape index (κ3) is 4.97. The fourth-order valence-electron chi connectivity index (χ4n) is 1.63. The molecular formula is C12H20ClN3O2S. The van der Waals surface area contributed by atoms with E-state index in [4.69, 9.17) is 11.6 Å². The Balaban J connectivity index is 2.40. The molecule has 0 amide bonds. The van der Waals surface area contributed by atoms with E-state index >= 15 is 0 Å². The largest absolute Gasteiger partial charge is 0.465 e. The number of carbonyl (C=O) groups is 1. The molecule has 1 heterocycles. The van der Waals surface area contributed by atoms with Crippen LogP contribution in [0.4, 0.5) is 5.13 Å². The fraction of sp³-hybridized carbons (Fsp3) is 0.667. The Labute approximate surface area is 122 Å². The summed E-state index contributed by atoms with van der Waals surface area (Å²) in [7, 11) is 1.33. The molecule has 0 unspecified atom stereocenters. The molecule has 7 heteroatoms. The van der Waals surface area contributed by atoms with Crippen LogP contribution in [-0.4, -0.2) is 49.1 Å². The number of nitrogens with one attached hydrogen (secondary N) is 1. The Kier molecular flexibility index (Phi) is 7.12. The number of carbonyl (C=O) groups excluding carboxylic acids is 1. The van der Waals surface area contributed by atoms with E-state index in [-0.39, 0.29) is 5.15 Å². The van der Waals surface area contributed by atoms with Gasteiger partial charge in [0.05, 0.1) is 7.11 Å². The van der Waals surface area contributed by atoms with E-state index in [1.54, 1.807) is 0 Å². The molecule has 19 heavy (non-hydrogen) atoms.